The van der Waals surface area contributed by atoms with Crippen molar-refractivity contribution in [3.8, 4) is 39.3 Å². The summed E-state index contributed by atoms with van der Waals surface area (Å²) < 4.78 is 7.91. The molecule has 320 valence electrons. The number of fused-ring (bicyclic) bond motifs is 16. The van der Waals surface area contributed by atoms with E-state index in [9.17, 15) is 0 Å². The molecular formula is C64H46BN3. The van der Waals surface area contributed by atoms with E-state index in [4.69, 9.17) is 0 Å². The van der Waals surface area contributed by atoms with Crippen LogP contribution in [-0.4, -0.2) is 20.4 Å². The van der Waals surface area contributed by atoms with E-state index in [1.165, 1.54) is 154 Å². The lowest BCUT2D eigenvalue weighted by atomic mass is 9.34. The maximum atomic E-state index is 2.69. The Kier molecular flexibility index (Phi) is 6.69. The molecule has 0 saturated heterocycles. The van der Waals surface area contributed by atoms with Gasteiger partial charge in [-0.3, -0.25) is 0 Å². The number of hydrogen-bond donors (Lipinski definition) is 0. The zero-order valence-corrected chi connectivity index (χ0v) is 39.1. The summed E-state index contributed by atoms with van der Waals surface area (Å²) in [7, 11) is 0. The topological polar surface area (TPSA) is 14.8 Å². The van der Waals surface area contributed by atoms with Gasteiger partial charge in [0.15, 0.2) is 0 Å². The maximum Gasteiger partial charge on any atom is 0.252 e. The normalized spacial score (nSPS) is 13.7. The van der Waals surface area contributed by atoms with Gasteiger partial charge < -0.3 is 13.7 Å². The molecule has 0 fully saturated rings. The van der Waals surface area contributed by atoms with Crippen molar-refractivity contribution in [1.82, 2.24) is 13.7 Å². The van der Waals surface area contributed by atoms with Gasteiger partial charge in [-0.2, -0.15) is 0 Å². The fraction of sp³-hybridized carbons (Fsp3) is 0.125. The van der Waals surface area contributed by atoms with Crippen molar-refractivity contribution >= 4 is 110 Å². The first kappa shape index (κ1) is 37.3. The van der Waals surface area contributed by atoms with E-state index in [0.717, 1.165) is 0 Å². The van der Waals surface area contributed by atoms with E-state index in [1.54, 1.807) is 0 Å². The van der Waals surface area contributed by atoms with Gasteiger partial charge in [0.25, 0.3) is 6.71 Å². The first-order chi connectivity index (χ1) is 33.0. The molecule has 5 heterocycles. The van der Waals surface area contributed by atoms with Crippen molar-refractivity contribution in [2.45, 2.75) is 52.4 Å². The highest BCUT2D eigenvalue weighted by Crippen LogP contribution is 2.51. The van der Waals surface area contributed by atoms with Gasteiger partial charge in [0.05, 0.1) is 33.3 Å². The molecule has 0 bridgehead atoms. The molecule has 16 rings (SSSR count). The Morgan fingerprint density at radius 2 is 0.926 bits per heavy atom. The molecule has 3 nitrogen and oxygen atoms in total. The molecule has 0 spiro atoms. The van der Waals surface area contributed by atoms with E-state index < -0.39 is 0 Å². The van der Waals surface area contributed by atoms with Crippen molar-refractivity contribution in [2.75, 3.05) is 0 Å². The molecule has 0 atom stereocenters. The van der Waals surface area contributed by atoms with Crippen LogP contribution in [0.2, 0.25) is 0 Å². The molecule has 3 aromatic heterocycles. The number of aromatic nitrogens is 3. The smallest absolute Gasteiger partial charge is 0.252 e. The van der Waals surface area contributed by atoms with E-state index >= 15 is 0 Å². The van der Waals surface area contributed by atoms with Crippen molar-refractivity contribution in [1.29, 1.82) is 0 Å². The lowest BCUT2D eigenvalue weighted by Crippen LogP contribution is -2.59. The molecule has 10 aromatic carbocycles. The van der Waals surface area contributed by atoms with Crippen LogP contribution < -0.4 is 16.4 Å². The van der Waals surface area contributed by atoms with Crippen molar-refractivity contribution in [3.63, 3.8) is 0 Å². The molecule has 0 N–H and O–H groups in total. The highest BCUT2D eigenvalue weighted by molar-refractivity contribution is 7.00. The Morgan fingerprint density at radius 3 is 1.71 bits per heavy atom. The fourth-order valence-corrected chi connectivity index (χ4v) is 13.4. The zero-order chi connectivity index (χ0) is 45.3. The summed E-state index contributed by atoms with van der Waals surface area (Å²) in [6.45, 7) is 14.2. The third-order valence-electron chi connectivity index (χ3n) is 16.4. The Hall–Kier alpha value is -7.82. The first-order valence-electron chi connectivity index (χ1n) is 24.4. The van der Waals surface area contributed by atoms with Crippen LogP contribution in [-0.2, 0) is 10.8 Å². The highest BCUT2D eigenvalue weighted by atomic mass is 15.1. The molecule has 68 heavy (non-hydrogen) atoms. The molecule has 0 amide bonds. The van der Waals surface area contributed by atoms with Crippen LogP contribution in [0.5, 0.6) is 0 Å². The van der Waals surface area contributed by atoms with Gasteiger partial charge in [-0.15, -0.1) is 0 Å². The monoisotopic (exact) mass is 867 g/mol. The lowest BCUT2D eigenvalue weighted by molar-refractivity contribution is 0.590. The number of rotatable bonds is 1. The van der Waals surface area contributed by atoms with Crippen LogP contribution in [0, 0.1) is 0 Å². The second kappa shape index (κ2) is 12.2. The quantitative estimate of drug-likeness (QED) is 0.146. The minimum atomic E-state index is -0.0645. The Morgan fingerprint density at radius 1 is 0.353 bits per heavy atom. The van der Waals surface area contributed by atoms with Crippen LogP contribution in [0.1, 0.15) is 52.7 Å². The largest absolute Gasteiger partial charge is 0.310 e. The third kappa shape index (κ3) is 4.43. The van der Waals surface area contributed by atoms with Crippen LogP contribution in [0.3, 0.4) is 0 Å². The number of hydrogen-bond acceptors (Lipinski definition) is 0. The fourth-order valence-electron chi connectivity index (χ4n) is 13.4. The second-order valence-corrected chi connectivity index (χ2v) is 22.1. The minimum absolute atomic E-state index is 0.0000223. The number of benzene rings is 10. The molecule has 13 aromatic rings. The predicted octanol–water partition coefficient (Wildman–Crippen LogP) is 14.7. The summed E-state index contributed by atoms with van der Waals surface area (Å²) in [5.74, 6) is 0. The average Bonchev–Trinajstić information content (AvgIpc) is 3.97. The van der Waals surface area contributed by atoms with Gasteiger partial charge in [-0.1, -0.05) is 163 Å². The van der Waals surface area contributed by atoms with Crippen LogP contribution in [0.4, 0.5) is 0 Å². The molecule has 2 aliphatic heterocycles. The maximum absolute atomic E-state index is 2.69. The highest BCUT2D eigenvalue weighted by Gasteiger charge is 2.43. The minimum Gasteiger partial charge on any atom is -0.310 e. The summed E-state index contributed by atoms with van der Waals surface area (Å²) >= 11 is 0. The first-order valence-corrected chi connectivity index (χ1v) is 24.4. The Bertz CT molecular complexity index is 4520. The summed E-state index contributed by atoms with van der Waals surface area (Å²) in [4.78, 5) is 0. The van der Waals surface area contributed by atoms with Gasteiger partial charge in [-0.25, -0.2) is 0 Å². The second-order valence-electron chi connectivity index (χ2n) is 22.1. The summed E-state index contributed by atoms with van der Waals surface area (Å²) in [5.41, 5.74) is 23.4. The van der Waals surface area contributed by atoms with Crippen molar-refractivity contribution in [2.24, 2.45) is 0 Å². The average molecular weight is 868 g/mol. The molecule has 1 aliphatic carbocycles. The Labute approximate surface area is 394 Å². The lowest BCUT2D eigenvalue weighted by Gasteiger charge is -2.35. The van der Waals surface area contributed by atoms with Crippen LogP contribution in [0.25, 0.3) is 126 Å². The molecule has 0 unspecified atom stereocenters. The number of para-hydroxylation sites is 1. The van der Waals surface area contributed by atoms with Gasteiger partial charge in [0.1, 0.15) is 0 Å². The van der Waals surface area contributed by atoms with Gasteiger partial charge >= 0.3 is 0 Å². The SMILES string of the molecule is CC(C)(C)c1ccc2c(c1)c1cc(C(C)(C)C)cc3c1n2-c1cc(-n2c4ccccc4c4c5ccccc5ccc42)cc2c1B3c1cc3cccc4c3c3c5c(cccc5n-2c13)-c1ccccc1-4. The summed E-state index contributed by atoms with van der Waals surface area (Å²) in [6, 6.07) is 65.9. The van der Waals surface area contributed by atoms with Crippen molar-refractivity contribution < 1.29 is 0 Å². The standard InChI is InChI=1S/C64H46BN3/c1-63(2,3)37-26-28-51-46(30-37)47-31-38(64(4,5)6)32-49-61(47)67(51)54-33-39(66-50-23-12-11-20-45(50)57-40-17-8-7-15-35(40)25-27-53(57)66)34-55-60(54)65(49)48-29-36-16-13-21-43-41-18-9-10-19-42(41)44-22-14-24-52-58(44)59(56(36)43)62(48)68(52)55/h7-34H,1-6H3. The van der Waals surface area contributed by atoms with E-state index in [2.05, 4.69) is 225 Å². The zero-order valence-electron chi connectivity index (χ0n) is 39.1. The van der Waals surface area contributed by atoms with Gasteiger partial charge in [0, 0.05) is 49.2 Å². The molecule has 3 aliphatic rings. The van der Waals surface area contributed by atoms with E-state index in [1.807, 2.05) is 0 Å². The summed E-state index contributed by atoms with van der Waals surface area (Å²) in [6.07, 6.45) is 0. The van der Waals surface area contributed by atoms with Crippen LogP contribution in [0.15, 0.2) is 170 Å². The summed E-state index contributed by atoms with van der Waals surface area (Å²) in [5, 5.41) is 13.2. The molecule has 0 radical (unpaired) electrons. The van der Waals surface area contributed by atoms with E-state index in [-0.39, 0.29) is 17.5 Å². The predicted molar refractivity (Wildman–Crippen MR) is 291 cm³/mol. The molecule has 0 saturated carbocycles. The Balaban J connectivity index is 1.15. The van der Waals surface area contributed by atoms with Gasteiger partial charge in [-0.05, 0) is 131 Å². The van der Waals surface area contributed by atoms with E-state index in [0.29, 0.717) is 0 Å². The van der Waals surface area contributed by atoms with Gasteiger partial charge in [0.2, 0.25) is 0 Å². The molecule has 4 heteroatoms. The van der Waals surface area contributed by atoms with Crippen LogP contribution >= 0.6 is 0 Å². The van der Waals surface area contributed by atoms with Crippen molar-refractivity contribution in [3.05, 3.63) is 181 Å². The molecular weight excluding hydrogens is 822 g/mol. The third-order valence-corrected chi connectivity index (χ3v) is 16.4. The number of nitrogens with zero attached hydrogens (tertiary/aromatic N) is 3.